The largest absolute Gasteiger partial charge is 0.493 e. The fourth-order valence-electron chi connectivity index (χ4n) is 3.75. The Labute approximate surface area is 168 Å². The molecule has 4 amide bonds. The Morgan fingerprint density at radius 3 is 2.61 bits per heavy atom. The van der Waals surface area contributed by atoms with Crippen molar-refractivity contribution in [1.82, 2.24) is 16.0 Å². The first-order valence-electron chi connectivity index (χ1n) is 9.29. The minimum absolute atomic E-state index is 0.0800. The molecule has 1 aromatic rings. The third-order valence-corrected chi connectivity index (χ3v) is 5.55. The van der Waals surface area contributed by atoms with Gasteiger partial charge in [-0.05, 0) is 50.3 Å². The van der Waals surface area contributed by atoms with Crippen LogP contribution in [0.4, 0.5) is 4.79 Å². The first kappa shape index (κ1) is 20.3. The van der Waals surface area contributed by atoms with E-state index in [1.807, 2.05) is 6.92 Å². The molecular formula is C19H24ClN3O5. The van der Waals surface area contributed by atoms with Crippen LogP contribution < -0.4 is 25.4 Å². The van der Waals surface area contributed by atoms with Gasteiger partial charge in [0.2, 0.25) is 5.91 Å². The fraction of sp³-hybridized carbons (Fsp3) is 0.526. The number of methoxy groups -OCH3 is 1. The highest BCUT2D eigenvalue weighted by Gasteiger charge is 2.48. The number of ether oxygens (including phenoxy) is 2. The molecule has 152 valence electrons. The van der Waals surface area contributed by atoms with E-state index in [4.69, 9.17) is 21.1 Å². The Bertz CT molecular complexity index is 790. The van der Waals surface area contributed by atoms with Gasteiger partial charge >= 0.3 is 6.03 Å². The van der Waals surface area contributed by atoms with Gasteiger partial charge in [0, 0.05) is 12.5 Å². The molecule has 1 aliphatic carbocycles. The molecule has 1 aromatic carbocycles. The van der Waals surface area contributed by atoms with Gasteiger partial charge in [-0.15, -0.1) is 0 Å². The van der Waals surface area contributed by atoms with Crippen LogP contribution in [0.5, 0.6) is 11.5 Å². The number of rotatable bonds is 6. The number of imide groups is 1. The summed E-state index contributed by atoms with van der Waals surface area (Å²) in [5.41, 5.74) is -0.0579. The lowest BCUT2D eigenvalue weighted by Crippen LogP contribution is -2.50. The average Bonchev–Trinajstić information content (AvgIpc) is 2.95. The Morgan fingerprint density at radius 1 is 1.32 bits per heavy atom. The summed E-state index contributed by atoms with van der Waals surface area (Å²) in [6, 6.07) is 3.06. The fourth-order valence-corrected chi connectivity index (χ4v) is 4.03. The minimum atomic E-state index is -0.857. The Hall–Kier alpha value is -2.48. The number of nitrogens with one attached hydrogen (secondary N) is 3. The summed E-state index contributed by atoms with van der Waals surface area (Å²) in [6.07, 6.45) is 1.97. The lowest BCUT2D eigenvalue weighted by molar-refractivity contribution is -0.130. The second kappa shape index (κ2) is 8.26. The van der Waals surface area contributed by atoms with Crippen molar-refractivity contribution in [2.75, 3.05) is 13.7 Å². The molecule has 1 saturated carbocycles. The van der Waals surface area contributed by atoms with Crippen LogP contribution in [-0.4, -0.2) is 37.1 Å². The van der Waals surface area contributed by atoms with Crippen LogP contribution in [-0.2, 0) is 16.1 Å². The second-order valence-electron chi connectivity index (χ2n) is 7.02. The van der Waals surface area contributed by atoms with Gasteiger partial charge in [0.1, 0.15) is 5.54 Å². The quantitative estimate of drug-likeness (QED) is 0.624. The third kappa shape index (κ3) is 4.01. The summed E-state index contributed by atoms with van der Waals surface area (Å²) >= 11 is 6.26. The van der Waals surface area contributed by atoms with Crippen LogP contribution >= 0.6 is 11.6 Å². The first-order chi connectivity index (χ1) is 13.4. The molecule has 0 bridgehead atoms. The normalized spacial score (nSPS) is 23.9. The highest BCUT2D eigenvalue weighted by molar-refractivity contribution is 6.32. The van der Waals surface area contributed by atoms with E-state index >= 15 is 0 Å². The molecule has 1 saturated heterocycles. The van der Waals surface area contributed by atoms with Gasteiger partial charge in [-0.2, -0.15) is 0 Å². The number of urea groups is 1. The molecular weight excluding hydrogens is 386 g/mol. The van der Waals surface area contributed by atoms with Crippen LogP contribution in [0, 0.1) is 5.92 Å². The zero-order valence-electron chi connectivity index (χ0n) is 15.9. The van der Waals surface area contributed by atoms with Crippen molar-refractivity contribution in [3.63, 3.8) is 0 Å². The topological polar surface area (TPSA) is 106 Å². The van der Waals surface area contributed by atoms with Crippen molar-refractivity contribution in [3.8, 4) is 11.5 Å². The van der Waals surface area contributed by atoms with Crippen LogP contribution in [0.25, 0.3) is 0 Å². The Kier molecular flexibility index (Phi) is 5.98. The van der Waals surface area contributed by atoms with Crippen LogP contribution in [0.15, 0.2) is 12.1 Å². The minimum Gasteiger partial charge on any atom is -0.493 e. The molecule has 28 heavy (non-hydrogen) atoms. The smallest absolute Gasteiger partial charge is 0.322 e. The van der Waals surface area contributed by atoms with Gasteiger partial charge < -0.3 is 20.1 Å². The van der Waals surface area contributed by atoms with E-state index < -0.39 is 11.6 Å². The van der Waals surface area contributed by atoms with Crippen molar-refractivity contribution in [2.24, 2.45) is 5.92 Å². The summed E-state index contributed by atoms with van der Waals surface area (Å²) in [4.78, 5) is 35.9. The number of benzene rings is 1. The zero-order valence-corrected chi connectivity index (χ0v) is 16.6. The lowest BCUT2D eigenvalue weighted by atomic mass is 9.76. The Balaban J connectivity index is 1.57. The molecule has 2 fully saturated rings. The second-order valence-corrected chi connectivity index (χ2v) is 7.43. The number of hydrogen-bond donors (Lipinski definition) is 3. The predicted molar refractivity (Wildman–Crippen MR) is 102 cm³/mol. The summed E-state index contributed by atoms with van der Waals surface area (Å²) < 4.78 is 10.8. The van der Waals surface area contributed by atoms with Crippen molar-refractivity contribution < 1.29 is 23.9 Å². The summed E-state index contributed by atoms with van der Waals surface area (Å²) in [6.45, 7) is 2.63. The number of carbonyl (C=O) groups excluding carboxylic acids is 3. The van der Waals surface area contributed by atoms with Crippen molar-refractivity contribution in [3.05, 3.63) is 22.7 Å². The molecule has 3 rings (SSSR count). The van der Waals surface area contributed by atoms with E-state index in [2.05, 4.69) is 16.0 Å². The van der Waals surface area contributed by atoms with Crippen LogP contribution in [0.3, 0.4) is 0 Å². The zero-order chi connectivity index (χ0) is 20.3. The molecule has 0 atom stereocenters. The summed E-state index contributed by atoms with van der Waals surface area (Å²) in [7, 11) is 1.53. The maximum absolute atomic E-state index is 12.5. The number of carbonyl (C=O) groups is 3. The van der Waals surface area contributed by atoms with Gasteiger partial charge in [-0.3, -0.25) is 14.9 Å². The predicted octanol–water partition coefficient (Wildman–Crippen LogP) is 2.13. The molecule has 3 N–H and O–H groups in total. The van der Waals surface area contributed by atoms with E-state index in [1.165, 1.54) is 7.11 Å². The molecule has 0 unspecified atom stereocenters. The molecule has 9 heteroatoms. The van der Waals surface area contributed by atoms with E-state index in [0.29, 0.717) is 55.4 Å². The maximum Gasteiger partial charge on any atom is 0.322 e. The highest BCUT2D eigenvalue weighted by atomic mass is 35.5. The maximum atomic E-state index is 12.5. The van der Waals surface area contributed by atoms with E-state index in [9.17, 15) is 14.4 Å². The first-order valence-corrected chi connectivity index (χ1v) is 9.67. The number of hydrogen-bond acceptors (Lipinski definition) is 5. The van der Waals surface area contributed by atoms with E-state index in [1.54, 1.807) is 12.1 Å². The number of amides is 4. The average molecular weight is 410 g/mol. The van der Waals surface area contributed by atoms with Crippen molar-refractivity contribution >= 4 is 29.4 Å². The third-order valence-electron chi connectivity index (χ3n) is 5.27. The molecule has 1 aliphatic heterocycles. The highest BCUT2D eigenvalue weighted by Crippen LogP contribution is 2.37. The van der Waals surface area contributed by atoms with Gasteiger partial charge in [0.05, 0.1) is 18.7 Å². The summed E-state index contributed by atoms with van der Waals surface area (Å²) in [5, 5.41) is 8.31. The van der Waals surface area contributed by atoms with E-state index in [-0.39, 0.29) is 17.7 Å². The van der Waals surface area contributed by atoms with Gasteiger partial charge in [0.15, 0.2) is 11.5 Å². The van der Waals surface area contributed by atoms with Crippen molar-refractivity contribution in [1.29, 1.82) is 0 Å². The molecule has 8 nitrogen and oxygen atoms in total. The molecule has 2 aliphatic rings. The van der Waals surface area contributed by atoms with Gasteiger partial charge in [-0.1, -0.05) is 11.6 Å². The number of halogens is 1. The van der Waals surface area contributed by atoms with Crippen molar-refractivity contribution in [2.45, 2.75) is 44.7 Å². The molecule has 0 radical (unpaired) electrons. The van der Waals surface area contributed by atoms with Gasteiger partial charge in [0.25, 0.3) is 5.91 Å². The standard InChI is InChI=1S/C19H24ClN3O5/c1-3-28-15-13(20)8-11(9-14(15)27-2)10-21-16(24)12-4-6-19(7-5-12)17(25)22-18(26)23-19/h8-9,12H,3-7,10H2,1-2H3,(H,21,24)(H2,22,23,25,26). The molecule has 0 aromatic heterocycles. The monoisotopic (exact) mass is 409 g/mol. The lowest BCUT2D eigenvalue weighted by Gasteiger charge is -2.33. The Morgan fingerprint density at radius 2 is 2.04 bits per heavy atom. The summed E-state index contributed by atoms with van der Waals surface area (Å²) in [5.74, 6) is 0.421. The van der Waals surface area contributed by atoms with Crippen LogP contribution in [0.2, 0.25) is 5.02 Å². The van der Waals surface area contributed by atoms with Gasteiger partial charge in [-0.25, -0.2) is 4.79 Å². The molecule has 1 heterocycles. The molecule has 1 spiro atoms. The van der Waals surface area contributed by atoms with Crippen LogP contribution in [0.1, 0.15) is 38.2 Å². The van der Waals surface area contributed by atoms with E-state index in [0.717, 1.165) is 5.56 Å². The SMILES string of the molecule is CCOc1c(Cl)cc(CNC(=O)C2CCC3(CC2)NC(=O)NC3=O)cc1OC.